The summed E-state index contributed by atoms with van der Waals surface area (Å²) in [6.45, 7) is 3.06. The molecule has 0 aliphatic carbocycles. The minimum absolute atomic E-state index is 0.117. The van der Waals surface area contributed by atoms with E-state index in [0.717, 1.165) is 17.7 Å². The summed E-state index contributed by atoms with van der Waals surface area (Å²) in [5.74, 6) is 0.678. The smallest absolute Gasteiger partial charge is 0.333 e. The lowest BCUT2D eigenvalue weighted by Gasteiger charge is -2.10. The van der Waals surface area contributed by atoms with Crippen molar-refractivity contribution in [1.82, 2.24) is 0 Å². The molecule has 0 unspecified atom stereocenters. The SMILES string of the molecule is CCCOc1ccc(COc2ccc3c(c2)C=C(C(=O)OC)CCS3(=O)=O)cc1. The van der Waals surface area contributed by atoms with Gasteiger partial charge in [0.05, 0.1) is 24.4 Å². The molecular formula is C22H24O6S. The van der Waals surface area contributed by atoms with Gasteiger partial charge in [-0.05, 0) is 60.4 Å². The molecule has 0 amide bonds. The summed E-state index contributed by atoms with van der Waals surface area (Å²) in [6, 6.07) is 12.4. The van der Waals surface area contributed by atoms with Gasteiger partial charge in [-0.3, -0.25) is 0 Å². The van der Waals surface area contributed by atoms with Crippen LogP contribution in [0.1, 0.15) is 30.9 Å². The minimum Gasteiger partial charge on any atom is -0.494 e. The van der Waals surface area contributed by atoms with Crippen molar-refractivity contribution >= 4 is 21.9 Å². The summed E-state index contributed by atoms with van der Waals surface area (Å²) in [6.07, 6.45) is 2.63. The summed E-state index contributed by atoms with van der Waals surface area (Å²) in [4.78, 5) is 12.1. The van der Waals surface area contributed by atoms with E-state index in [1.165, 1.54) is 13.2 Å². The first-order chi connectivity index (χ1) is 13.9. The van der Waals surface area contributed by atoms with E-state index >= 15 is 0 Å². The lowest BCUT2D eigenvalue weighted by atomic mass is 10.1. The van der Waals surface area contributed by atoms with Crippen LogP contribution in [0.4, 0.5) is 0 Å². The lowest BCUT2D eigenvalue weighted by molar-refractivity contribution is -0.136. The van der Waals surface area contributed by atoms with E-state index in [1.54, 1.807) is 18.2 Å². The minimum atomic E-state index is -3.48. The Labute approximate surface area is 171 Å². The quantitative estimate of drug-likeness (QED) is 0.639. The van der Waals surface area contributed by atoms with Crippen molar-refractivity contribution in [2.45, 2.75) is 31.3 Å². The van der Waals surface area contributed by atoms with E-state index in [-0.39, 0.29) is 17.1 Å². The summed E-state index contributed by atoms with van der Waals surface area (Å²) < 4.78 is 41.2. The Kier molecular flexibility index (Phi) is 6.59. The summed E-state index contributed by atoms with van der Waals surface area (Å²) in [7, 11) is -2.20. The third kappa shape index (κ3) is 5.17. The number of ether oxygens (including phenoxy) is 3. The second-order valence-corrected chi connectivity index (χ2v) is 8.79. The molecule has 0 saturated heterocycles. The van der Waals surface area contributed by atoms with Crippen LogP contribution in [0.25, 0.3) is 6.08 Å². The van der Waals surface area contributed by atoms with E-state index in [2.05, 4.69) is 6.92 Å². The standard InChI is InChI=1S/C22H24O6S/c1-3-11-27-19-6-4-16(5-7-19)15-28-20-8-9-21-18(14-20)13-17(22(23)26-2)10-12-29(21,24)25/h4-9,13-14H,3,10-12,15H2,1-2H3. The van der Waals surface area contributed by atoms with E-state index in [1.807, 2.05) is 24.3 Å². The van der Waals surface area contributed by atoms with Crippen molar-refractivity contribution < 1.29 is 27.4 Å². The fourth-order valence-corrected chi connectivity index (χ4v) is 4.45. The first kappa shape index (κ1) is 20.9. The Bertz CT molecular complexity index is 1010. The highest BCUT2D eigenvalue weighted by Crippen LogP contribution is 2.30. The second-order valence-electron chi connectivity index (χ2n) is 6.71. The highest BCUT2D eigenvalue weighted by atomic mass is 32.2. The first-order valence-corrected chi connectivity index (χ1v) is 11.1. The molecule has 6 nitrogen and oxygen atoms in total. The summed E-state index contributed by atoms with van der Waals surface area (Å²) >= 11 is 0. The number of rotatable bonds is 7. The monoisotopic (exact) mass is 416 g/mol. The van der Waals surface area contributed by atoms with E-state index in [4.69, 9.17) is 14.2 Å². The van der Waals surface area contributed by atoms with Crippen LogP contribution in [0, 0.1) is 0 Å². The summed E-state index contributed by atoms with van der Waals surface area (Å²) in [5, 5.41) is 0. The van der Waals surface area contributed by atoms with Crippen LogP contribution in [0.15, 0.2) is 52.9 Å². The zero-order valence-electron chi connectivity index (χ0n) is 16.5. The zero-order chi connectivity index (χ0) is 20.9. The molecule has 0 spiro atoms. The topological polar surface area (TPSA) is 78.9 Å². The third-order valence-corrected chi connectivity index (χ3v) is 6.32. The number of carbonyl (C=O) groups is 1. The molecule has 1 aliphatic heterocycles. The molecule has 154 valence electrons. The van der Waals surface area contributed by atoms with Gasteiger partial charge in [0, 0.05) is 5.57 Å². The highest BCUT2D eigenvalue weighted by Gasteiger charge is 2.25. The van der Waals surface area contributed by atoms with Gasteiger partial charge < -0.3 is 14.2 Å². The van der Waals surface area contributed by atoms with Crippen molar-refractivity contribution in [3.63, 3.8) is 0 Å². The zero-order valence-corrected chi connectivity index (χ0v) is 17.3. The Morgan fingerprint density at radius 1 is 1.03 bits per heavy atom. The van der Waals surface area contributed by atoms with Crippen LogP contribution in [-0.2, 0) is 26.0 Å². The number of methoxy groups -OCH3 is 1. The molecule has 7 heteroatoms. The van der Waals surface area contributed by atoms with Crippen molar-refractivity contribution in [2.24, 2.45) is 0 Å². The molecule has 0 atom stereocenters. The molecule has 0 fully saturated rings. The van der Waals surface area contributed by atoms with E-state index < -0.39 is 15.8 Å². The fraction of sp³-hybridized carbons (Fsp3) is 0.318. The first-order valence-electron chi connectivity index (χ1n) is 9.43. The van der Waals surface area contributed by atoms with Gasteiger partial charge in [-0.2, -0.15) is 0 Å². The van der Waals surface area contributed by atoms with Crippen LogP contribution >= 0.6 is 0 Å². The van der Waals surface area contributed by atoms with Crippen molar-refractivity contribution in [3.8, 4) is 11.5 Å². The second kappa shape index (κ2) is 9.13. The van der Waals surface area contributed by atoms with Gasteiger partial charge in [-0.15, -0.1) is 0 Å². The molecule has 1 heterocycles. The lowest BCUT2D eigenvalue weighted by Crippen LogP contribution is -2.10. The van der Waals surface area contributed by atoms with Crippen LogP contribution in [-0.4, -0.2) is 33.9 Å². The normalized spacial score (nSPS) is 14.9. The van der Waals surface area contributed by atoms with Crippen LogP contribution < -0.4 is 9.47 Å². The van der Waals surface area contributed by atoms with E-state index in [9.17, 15) is 13.2 Å². The highest BCUT2D eigenvalue weighted by molar-refractivity contribution is 7.91. The van der Waals surface area contributed by atoms with Gasteiger partial charge in [0.2, 0.25) is 0 Å². The van der Waals surface area contributed by atoms with Gasteiger partial charge >= 0.3 is 5.97 Å². The molecule has 1 aliphatic rings. The molecular weight excluding hydrogens is 392 g/mol. The molecule has 2 aromatic carbocycles. The number of hydrogen-bond donors (Lipinski definition) is 0. The fourth-order valence-electron chi connectivity index (χ4n) is 2.99. The number of fused-ring (bicyclic) bond motifs is 1. The number of carbonyl (C=O) groups excluding carboxylic acids is 1. The maximum absolute atomic E-state index is 12.5. The van der Waals surface area contributed by atoms with Gasteiger partial charge in [0.25, 0.3) is 0 Å². The molecule has 0 N–H and O–H groups in total. The van der Waals surface area contributed by atoms with Crippen LogP contribution in [0.3, 0.4) is 0 Å². The number of esters is 1. The molecule has 0 aromatic heterocycles. The number of benzene rings is 2. The average Bonchev–Trinajstić information content (AvgIpc) is 2.86. The van der Waals surface area contributed by atoms with Gasteiger partial charge in [-0.25, -0.2) is 13.2 Å². The maximum Gasteiger partial charge on any atom is 0.333 e. The Morgan fingerprint density at radius 2 is 1.76 bits per heavy atom. The predicted molar refractivity (Wildman–Crippen MR) is 110 cm³/mol. The molecule has 0 bridgehead atoms. The third-order valence-electron chi connectivity index (χ3n) is 4.54. The van der Waals surface area contributed by atoms with Crippen molar-refractivity contribution in [3.05, 3.63) is 59.2 Å². The Morgan fingerprint density at radius 3 is 2.45 bits per heavy atom. The van der Waals surface area contributed by atoms with Gasteiger partial charge in [-0.1, -0.05) is 19.1 Å². The van der Waals surface area contributed by atoms with Crippen LogP contribution in [0.2, 0.25) is 0 Å². The largest absolute Gasteiger partial charge is 0.494 e. The number of sulfone groups is 1. The Hall–Kier alpha value is -2.80. The molecule has 0 saturated carbocycles. The predicted octanol–water partition coefficient (Wildman–Crippen LogP) is 3.79. The molecule has 3 rings (SSSR count). The van der Waals surface area contributed by atoms with Crippen LogP contribution in [0.5, 0.6) is 11.5 Å². The molecule has 2 aromatic rings. The Balaban J connectivity index is 1.78. The van der Waals surface area contributed by atoms with Gasteiger partial charge in [0.15, 0.2) is 9.84 Å². The molecule has 29 heavy (non-hydrogen) atoms. The van der Waals surface area contributed by atoms with Crippen molar-refractivity contribution in [2.75, 3.05) is 19.5 Å². The number of hydrogen-bond acceptors (Lipinski definition) is 6. The van der Waals surface area contributed by atoms with Crippen molar-refractivity contribution in [1.29, 1.82) is 0 Å². The maximum atomic E-state index is 12.5. The average molecular weight is 416 g/mol. The molecule has 0 radical (unpaired) electrons. The van der Waals surface area contributed by atoms with E-state index in [0.29, 0.717) is 30.1 Å². The van der Waals surface area contributed by atoms with Gasteiger partial charge in [0.1, 0.15) is 18.1 Å². The summed E-state index contributed by atoms with van der Waals surface area (Å²) in [5.41, 5.74) is 1.72.